The molecular weight excluding hydrogens is 414 g/mol. The van der Waals surface area contributed by atoms with Crippen molar-refractivity contribution >= 4 is 22.8 Å². The molecule has 0 saturated heterocycles. The number of hydrogen-bond acceptors (Lipinski definition) is 5. The van der Waals surface area contributed by atoms with Gasteiger partial charge < -0.3 is 14.7 Å². The van der Waals surface area contributed by atoms with Crippen molar-refractivity contribution in [2.24, 2.45) is 0 Å². The van der Waals surface area contributed by atoms with E-state index < -0.39 is 0 Å². The predicted molar refractivity (Wildman–Crippen MR) is 127 cm³/mol. The molecule has 1 N–H and O–H groups in total. The van der Waals surface area contributed by atoms with Gasteiger partial charge in [0.2, 0.25) is 0 Å². The van der Waals surface area contributed by atoms with E-state index in [0.717, 1.165) is 48.1 Å². The molecule has 2 aliphatic heterocycles. The first kappa shape index (κ1) is 21.5. The lowest BCUT2D eigenvalue weighted by molar-refractivity contribution is -0.117. The van der Waals surface area contributed by atoms with Crippen LogP contribution in [0.25, 0.3) is 11.3 Å². The average molecular weight is 444 g/mol. The Morgan fingerprint density at radius 3 is 2.76 bits per heavy atom. The molecule has 33 heavy (non-hydrogen) atoms. The van der Waals surface area contributed by atoms with E-state index in [4.69, 9.17) is 4.74 Å². The molecule has 1 fully saturated rings. The number of ketones is 2. The standard InChI is InChI=1S/C28H29NO4/c1-18(7-5-10-19-8-3-2-4-9-19)33-21-13-14-22-23(16-21)28-26(32)15-20(30)17-29(28)24-11-6-12-25(31)27(22)24/h2-4,8-9,13-16,18,24,32H,5-7,10-12,17H2,1H3/t18?,24-/m0/s1. The van der Waals surface area contributed by atoms with Crippen LogP contribution in [-0.2, 0) is 16.0 Å². The lowest BCUT2D eigenvalue weighted by Gasteiger charge is -2.41. The van der Waals surface area contributed by atoms with Gasteiger partial charge in [0.15, 0.2) is 11.6 Å². The molecule has 2 heterocycles. The molecule has 0 spiro atoms. The summed E-state index contributed by atoms with van der Waals surface area (Å²) in [5.41, 5.74) is 2.73. The van der Waals surface area contributed by atoms with Gasteiger partial charge in [-0.05, 0) is 61.9 Å². The number of ether oxygens (including phenoxy) is 1. The van der Waals surface area contributed by atoms with Crippen molar-refractivity contribution in [2.45, 2.75) is 57.6 Å². The van der Waals surface area contributed by atoms with Gasteiger partial charge in [-0.25, -0.2) is 0 Å². The highest BCUT2D eigenvalue weighted by Crippen LogP contribution is 2.33. The maximum atomic E-state index is 12.9. The Balaban J connectivity index is 1.45. The molecule has 3 aliphatic rings. The fourth-order valence-corrected chi connectivity index (χ4v) is 5.34. The minimum atomic E-state index is -0.155. The second-order valence-corrected chi connectivity index (χ2v) is 9.23. The Kier molecular flexibility index (Phi) is 5.79. The highest BCUT2D eigenvalue weighted by atomic mass is 16.5. The molecule has 1 aliphatic carbocycles. The van der Waals surface area contributed by atoms with Crippen LogP contribution in [0.4, 0.5) is 0 Å². The van der Waals surface area contributed by atoms with Crippen molar-refractivity contribution in [1.82, 2.24) is 4.90 Å². The minimum absolute atomic E-state index is 0.0300. The van der Waals surface area contributed by atoms with E-state index in [2.05, 4.69) is 31.2 Å². The third kappa shape index (κ3) is 4.20. The average Bonchev–Trinajstić information content (AvgIpc) is 2.79. The molecule has 1 unspecified atom stereocenters. The number of fused-ring (bicyclic) bond motifs is 4. The second-order valence-electron chi connectivity index (χ2n) is 9.23. The fraction of sp³-hybridized carbons (Fsp3) is 0.357. The van der Waals surface area contributed by atoms with Gasteiger partial charge >= 0.3 is 0 Å². The van der Waals surface area contributed by atoms with Crippen molar-refractivity contribution in [3.63, 3.8) is 0 Å². The van der Waals surface area contributed by atoms with Crippen LogP contribution in [0.15, 0.2) is 60.4 Å². The highest BCUT2D eigenvalue weighted by Gasteiger charge is 2.38. The van der Waals surface area contributed by atoms with Crippen LogP contribution in [0.2, 0.25) is 0 Å². The number of aliphatic hydroxyl groups excluding tert-OH is 1. The summed E-state index contributed by atoms with van der Waals surface area (Å²) in [5.74, 6) is 0.672. The van der Waals surface area contributed by atoms with Crippen molar-refractivity contribution in [3.05, 3.63) is 76.4 Å². The van der Waals surface area contributed by atoms with Crippen LogP contribution in [0.5, 0.6) is 5.75 Å². The van der Waals surface area contributed by atoms with Gasteiger partial charge in [0.1, 0.15) is 11.5 Å². The van der Waals surface area contributed by atoms with Crippen molar-refractivity contribution in [1.29, 1.82) is 0 Å². The van der Waals surface area contributed by atoms with Crippen LogP contribution in [0.3, 0.4) is 0 Å². The summed E-state index contributed by atoms with van der Waals surface area (Å²) < 4.78 is 6.22. The van der Waals surface area contributed by atoms with Gasteiger partial charge in [-0.15, -0.1) is 0 Å². The first-order chi connectivity index (χ1) is 16.0. The summed E-state index contributed by atoms with van der Waals surface area (Å²) in [4.78, 5) is 27.0. The lowest BCUT2D eigenvalue weighted by atomic mass is 9.82. The van der Waals surface area contributed by atoms with Crippen molar-refractivity contribution in [2.75, 3.05) is 6.54 Å². The Hall–Kier alpha value is -3.34. The molecule has 2 atom stereocenters. The minimum Gasteiger partial charge on any atom is -0.506 e. The van der Waals surface area contributed by atoms with E-state index in [-0.39, 0.29) is 36.0 Å². The smallest absolute Gasteiger partial charge is 0.178 e. The second kappa shape index (κ2) is 8.89. The summed E-state index contributed by atoms with van der Waals surface area (Å²) in [7, 11) is 0. The number of hydrogen-bond donors (Lipinski definition) is 1. The van der Waals surface area contributed by atoms with Gasteiger partial charge in [0.05, 0.1) is 24.4 Å². The molecule has 0 amide bonds. The number of aryl methyl sites for hydroxylation is 1. The third-order valence-corrected chi connectivity index (χ3v) is 6.84. The number of benzene rings is 2. The van der Waals surface area contributed by atoms with Gasteiger partial charge in [0.25, 0.3) is 0 Å². The molecule has 0 radical (unpaired) electrons. The summed E-state index contributed by atoms with van der Waals surface area (Å²) in [5, 5.41) is 12.3. The molecule has 5 nitrogen and oxygen atoms in total. The maximum absolute atomic E-state index is 12.9. The van der Waals surface area contributed by atoms with Crippen molar-refractivity contribution < 1.29 is 19.4 Å². The maximum Gasteiger partial charge on any atom is 0.178 e. The topological polar surface area (TPSA) is 66.8 Å². The van der Waals surface area contributed by atoms with Crippen LogP contribution < -0.4 is 15.2 Å². The first-order valence-electron chi connectivity index (χ1n) is 11.8. The molecule has 0 aromatic heterocycles. The summed E-state index contributed by atoms with van der Waals surface area (Å²) in [6.07, 6.45) is 6.43. The molecule has 170 valence electrons. The third-order valence-electron chi connectivity index (χ3n) is 6.84. The number of aliphatic hydroxyl groups is 1. The van der Waals surface area contributed by atoms with Crippen molar-refractivity contribution in [3.8, 4) is 5.75 Å². The Bertz CT molecular complexity index is 1240. The lowest BCUT2D eigenvalue weighted by Crippen LogP contribution is -2.54. The van der Waals surface area contributed by atoms with Gasteiger partial charge in [-0.3, -0.25) is 9.59 Å². The number of Topliss-reactive ketones (excluding diaryl/α,β-unsaturated/α-hetero) is 1. The van der Waals surface area contributed by atoms with E-state index in [1.807, 2.05) is 29.2 Å². The van der Waals surface area contributed by atoms with Crippen LogP contribution in [-0.4, -0.2) is 40.3 Å². The van der Waals surface area contributed by atoms with Crippen LogP contribution in [0.1, 0.15) is 44.6 Å². The van der Waals surface area contributed by atoms with E-state index >= 15 is 0 Å². The largest absolute Gasteiger partial charge is 0.506 e. The molecular formula is C28H29NO4. The van der Waals surface area contributed by atoms with Crippen LogP contribution >= 0.6 is 0 Å². The van der Waals surface area contributed by atoms with Gasteiger partial charge in [0, 0.05) is 23.3 Å². The van der Waals surface area contributed by atoms with E-state index in [0.29, 0.717) is 17.9 Å². The SMILES string of the molecule is CC(CCCc1ccccc1)Oc1ccc2c(c1)=C1C(O)=CC(=O)CN1[C@H]1CCCC(=O)C=21. The predicted octanol–water partition coefficient (Wildman–Crippen LogP) is 3.20. The Morgan fingerprint density at radius 1 is 1.12 bits per heavy atom. The van der Waals surface area contributed by atoms with Gasteiger partial charge in [-0.2, -0.15) is 0 Å². The monoisotopic (exact) mass is 443 g/mol. The molecule has 2 aromatic rings. The van der Waals surface area contributed by atoms with E-state index in [1.54, 1.807) is 0 Å². The summed E-state index contributed by atoms with van der Waals surface area (Å²) in [6.45, 7) is 2.25. The quantitative estimate of drug-likeness (QED) is 0.743. The summed E-state index contributed by atoms with van der Waals surface area (Å²) in [6, 6.07) is 16.1. The number of carbonyl (C=O) groups is 2. The molecule has 5 heteroatoms. The number of nitrogens with zero attached hydrogens (tertiary/aromatic N) is 1. The Morgan fingerprint density at radius 2 is 1.94 bits per heavy atom. The molecule has 1 saturated carbocycles. The fourth-order valence-electron chi connectivity index (χ4n) is 5.34. The highest BCUT2D eigenvalue weighted by molar-refractivity contribution is 6.18. The zero-order valence-electron chi connectivity index (χ0n) is 18.9. The zero-order chi connectivity index (χ0) is 22.9. The van der Waals surface area contributed by atoms with Crippen LogP contribution in [0, 0.1) is 0 Å². The normalized spacial score (nSPS) is 20.6. The number of rotatable bonds is 6. The van der Waals surface area contributed by atoms with Gasteiger partial charge in [-0.1, -0.05) is 36.4 Å². The number of carbonyl (C=O) groups excluding carboxylic acids is 2. The molecule has 5 rings (SSSR count). The first-order valence-corrected chi connectivity index (χ1v) is 11.8. The molecule has 0 bridgehead atoms. The van der Waals surface area contributed by atoms with E-state index in [1.165, 1.54) is 11.6 Å². The Labute approximate surface area is 193 Å². The van der Waals surface area contributed by atoms with E-state index in [9.17, 15) is 14.7 Å². The molecule has 2 aromatic carbocycles. The summed E-state index contributed by atoms with van der Waals surface area (Å²) >= 11 is 0. The zero-order valence-corrected chi connectivity index (χ0v) is 18.9.